The molecular formula is C20H23BrN2. The third-order valence-electron chi connectivity index (χ3n) is 5.49. The van der Waals surface area contributed by atoms with Crippen molar-refractivity contribution in [1.82, 2.24) is 5.32 Å². The summed E-state index contributed by atoms with van der Waals surface area (Å²) in [6.07, 6.45) is 5.92. The van der Waals surface area contributed by atoms with Crippen LogP contribution in [0.5, 0.6) is 0 Å². The normalized spacial score (nSPS) is 26.4. The fraction of sp³-hybridized carbons (Fsp3) is 0.400. The molecule has 0 saturated carbocycles. The van der Waals surface area contributed by atoms with Crippen molar-refractivity contribution in [2.45, 2.75) is 44.2 Å². The summed E-state index contributed by atoms with van der Waals surface area (Å²) in [6.45, 7) is 0. The highest BCUT2D eigenvalue weighted by atomic mass is 79.9. The van der Waals surface area contributed by atoms with Gasteiger partial charge in [0.1, 0.15) is 0 Å². The van der Waals surface area contributed by atoms with E-state index in [-0.39, 0.29) is 0 Å². The van der Waals surface area contributed by atoms with Crippen molar-refractivity contribution in [2.24, 2.45) is 5.92 Å². The van der Waals surface area contributed by atoms with Crippen molar-refractivity contribution in [1.29, 1.82) is 0 Å². The molecule has 2 heterocycles. The maximum absolute atomic E-state index is 6.28. The Morgan fingerprint density at radius 3 is 2.83 bits per heavy atom. The van der Waals surface area contributed by atoms with Crippen LogP contribution in [0.2, 0.25) is 0 Å². The van der Waals surface area contributed by atoms with E-state index in [9.17, 15) is 0 Å². The number of benzene rings is 2. The number of fused-ring (bicyclic) bond motifs is 2. The number of hydrogen-bond acceptors (Lipinski definition) is 2. The highest BCUT2D eigenvalue weighted by Gasteiger charge is 2.33. The van der Waals surface area contributed by atoms with Crippen LogP contribution in [0.1, 0.15) is 29.5 Å². The summed E-state index contributed by atoms with van der Waals surface area (Å²) < 4.78 is 1.17. The third-order valence-corrected chi connectivity index (χ3v) is 5.98. The minimum Gasteiger partial charge on any atom is -0.398 e. The highest BCUT2D eigenvalue weighted by Crippen LogP contribution is 2.34. The van der Waals surface area contributed by atoms with Crippen LogP contribution in [0, 0.1) is 5.92 Å². The molecule has 2 aliphatic heterocycles. The topological polar surface area (TPSA) is 38.0 Å². The van der Waals surface area contributed by atoms with Gasteiger partial charge in [0.15, 0.2) is 0 Å². The van der Waals surface area contributed by atoms with Gasteiger partial charge in [-0.25, -0.2) is 0 Å². The first kappa shape index (κ1) is 15.2. The Balaban J connectivity index is 1.61. The average Bonchev–Trinajstić information content (AvgIpc) is 2.49. The average molecular weight is 371 g/mol. The van der Waals surface area contributed by atoms with Crippen LogP contribution in [0.4, 0.5) is 5.69 Å². The molecule has 1 fully saturated rings. The van der Waals surface area contributed by atoms with Gasteiger partial charge in [-0.15, -0.1) is 0 Å². The monoisotopic (exact) mass is 370 g/mol. The van der Waals surface area contributed by atoms with Crippen molar-refractivity contribution in [3.8, 4) is 0 Å². The molecule has 2 aromatic rings. The van der Waals surface area contributed by atoms with E-state index in [2.05, 4.69) is 63.7 Å². The van der Waals surface area contributed by atoms with E-state index >= 15 is 0 Å². The number of rotatable bonds is 2. The van der Waals surface area contributed by atoms with Crippen molar-refractivity contribution >= 4 is 21.6 Å². The Hall–Kier alpha value is -1.32. The number of nitrogens with two attached hydrogens (primary N) is 1. The maximum atomic E-state index is 6.28. The Morgan fingerprint density at radius 2 is 1.96 bits per heavy atom. The molecule has 120 valence electrons. The zero-order chi connectivity index (χ0) is 15.8. The minimum atomic E-state index is 0.552. The lowest BCUT2D eigenvalue weighted by atomic mass is 9.75. The van der Waals surface area contributed by atoms with Gasteiger partial charge in [-0.2, -0.15) is 0 Å². The van der Waals surface area contributed by atoms with Crippen LogP contribution in [0.25, 0.3) is 0 Å². The molecule has 5 rings (SSSR count). The van der Waals surface area contributed by atoms with Gasteiger partial charge < -0.3 is 11.1 Å². The predicted octanol–water partition coefficient (Wildman–Crippen LogP) is 4.11. The summed E-state index contributed by atoms with van der Waals surface area (Å²) in [5, 5.41) is 3.93. The zero-order valence-corrected chi connectivity index (χ0v) is 14.9. The van der Waals surface area contributed by atoms with E-state index in [1.807, 2.05) is 0 Å². The Morgan fingerprint density at radius 1 is 1.09 bits per heavy atom. The second kappa shape index (κ2) is 6.29. The number of halogens is 1. The Kier molecular flexibility index (Phi) is 4.16. The van der Waals surface area contributed by atoms with Gasteiger partial charge in [0.2, 0.25) is 0 Å². The molecular weight excluding hydrogens is 348 g/mol. The molecule has 1 saturated heterocycles. The number of nitrogen functional groups attached to an aromatic ring is 1. The lowest BCUT2D eigenvalue weighted by Gasteiger charge is -2.41. The summed E-state index contributed by atoms with van der Waals surface area (Å²) in [7, 11) is 0. The van der Waals surface area contributed by atoms with Gasteiger partial charge in [-0.3, -0.25) is 0 Å². The van der Waals surface area contributed by atoms with E-state index in [1.54, 1.807) is 0 Å². The first-order valence-electron chi connectivity index (χ1n) is 8.56. The first-order valence-corrected chi connectivity index (χ1v) is 9.35. The molecule has 0 radical (unpaired) electrons. The first-order chi connectivity index (χ1) is 11.2. The molecule has 3 atom stereocenters. The largest absolute Gasteiger partial charge is 0.398 e. The third kappa shape index (κ3) is 3.17. The van der Waals surface area contributed by atoms with Crippen LogP contribution < -0.4 is 11.1 Å². The van der Waals surface area contributed by atoms with Crippen molar-refractivity contribution in [3.05, 3.63) is 63.6 Å². The molecule has 0 aromatic heterocycles. The molecule has 1 aliphatic carbocycles. The van der Waals surface area contributed by atoms with Gasteiger partial charge in [0.05, 0.1) is 0 Å². The second-order valence-corrected chi connectivity index (χ2v) is 7.95. The smallest absolute Gasteiger partial charge is 0.0349 e. The standard InChI is InChI=1S/C20H23BrN2/c21-16-5-1-3-13(9-16)10-20-15-7-8-17(23-20)11-14-4-2-6-19(22)18(14)12-15/h1-6,9,15,17,20,23H,7-8,10-12,22H2/t15-,17+,20+/m1/s1. The zero-order valence-electron chi connectivity index (χ0n) is 13.3. The van der Waals surface area contributed by atoms with Crippen LogP contribution in [-0.4, -0.2) is 12.1 Å². The number of anilines is 1. The van der Waals surface area contributed by atoms with Crippen molar-refractivity contribution < 1.29 is 0 Å². The Bertz CT molecular complexity index is 713. The van der Waals surface area contributed by atoms with Gasteiger partial charge in [0, 0.05) is 22.2 Å². The predicted molar refractivity (Wildman–Crippen MR) is 99.5 cm³/mol. The van der Waals surface area contributed by atoms with Gasteiger partial charge in [0.25, 0.3) is 0 Å². The number of nitrogens with one attached hydrogen (secondary N) is 1. The summed E-state index contributed by atoms with van der Waals surface area (Å²) >= 11 is 3.59. The van der Waals surface area contributed by atoms with Gasteiger partial charge in [-0.1, -0.05) is 40.2 Å². The van der Waals surface area contributed by atoms with E-state index in [1.165, 1.54) is 34.0 Å². The van der Waals surface area contributed by atoms with Crippen molar-refractivity contribution in [3.63, 3.8) is 0 Å². The van der Waals surface area contributed by atoms with Crippen LogP contribution in [0.3, 0.4) is 0 Å². The van der Waals surface area contributed by atoms with E-state index in [0.717, 1.165) is 24.9 Å². The van der Waals surface area contributed by atoms with Crippen LogP contribution in [0.15, 0.2) is 46.9 Å². The van der Waals surface area contributed by atoms with Gasteiger partial charge >= 0.3 is 0 Å². The van der Waals surface area contributed by atoms with E-state index < -0.39 is 0 Å². The SMILES string of the molecule is Nc1cccc2c1C[C@H]1CC[C@@H](C2)N[C@H]1Cc1cccc(Br)c1. The molecule has 0 unspecified atom stereocenters. The fourth-order valence-electron chi connectivity index (χ4n) is 4.31. The fourth-order valence-corrected chi connectivity index (χ4v) is 4.76. The minimum absolute atomic E-state index is 0.552. The molecule has 0 spiro atoms. The molecule has 3 N–H and O–H groups in total. The number of piperidine rings is 1. The summed E-state index contributed by atoms with van der Waals surface area (Å²) in [5.74, 6) is 0.675. The summed E-state index contributed by atoms with van der Waals surface area (Å²) in [6, 6.07) is 16.3. The molecule has 2 bridgehead atoms. The molecule has 23 heavy (non-hydrogen) atoms. The van der Waals surface area contributed by atoms with Crippen LogP contribution in [-0.2, 0) is 19.3 Å². The summed E-state index contributed by atoms with van der Waals surface area (Å²) in [5.41, 5.74) is 11.5. The Labute approximate surface area is 146 Å². The summed E-state index contributed by atoms with van der Waals surface area (Å²) in [4.78, 5) is 0. The lowest BCUT2D eigenvalue weighted by molar-refractivity contribution is 0.217. The molecule has 3 aliphatic rings. The van der Waals surface area contributed by atoms with E-state index in [0.29, 0.717) is 18.0 Å². The van der Waals surface area contributed by atoms with E-state index in [4.69, 9.17) is 5.73 Å². The van der Waals surface area contributed by atoms with Gasteiger partial charge in [-0.05, 0) is 72.9 Å². The highest BCUT2D eigenvalue weighted by molar-refractivity contribution is 9.10. The molecule has 3 heteroatoms. The van der Waals surface area contributed by atoms with Crippen LogP contribution >= 0.6 is 15.9 Å². The lowest BCUT2D eigenvalue weighted by Crippen LogP contribution is -2.51. The second-order valence-electron chi connectivity index (χ2n) is 7.03. The number of hydrogen-bond donors (Lipinski definition) is 2. The molecule has 2 nitrogen and oxygen atoms in total. The molecule has 2 aromatic carbocycles. The van der Waals surface area contributed by atoms with Crippen molar-refractivity contribution in [2.75, 3.05) is 5.73 Å². The quantitative estimate of drug-likeness (QED) is 0.780. The molecule has 0 amide bonds. The maximum Gasteiger partial charge on any atom is 0.0349 e.